The molecule has 0 bridgehead atoms. The molecule has 2 aromatic rings. The number of amides is 2. The maximum absolute atomic E-state index is 12.0. The molecule has 0 aliphatic rings. The Balaban J connectivity index is 1.92. The third kappa shape index (κ3) is 3.81. The van der Waals surface area contributed by atoms with Gasteiger partial charge in [0.1, 0.15) is 5.76 Å². The molecule has 2 rings (SSSR count). The van der Waals surface area contributed by atoms with E-state index in [-0.39, 0.29) is 12.1 Å². The molecule has 0 fully saturated rings. The second kappa shape index (κ2) is 6.39. The fraction of sp³-hybridized carbons (Fsp3) is 0.400. The number of hydrogen-bond acceptors (Lipinski definition) is 4. The second-order valence-electron chi connectivity index (χ2n) is 5.20. The van der Waals surface area contributed by atoms with Crippen molar-refractivity contribution in [2.24, 2.45) is 0 Å². The SMILES string of the molecule is Cc1cnccc1NC(=O)NC(C)Cc1c(C)noc1C. The van der Waals surface area contributed by atoms with E-state index < -0.39 is 0 Å². The summed E-state index contributed by atoms with van der Waals surface area (Å²) in [5.41, 5.74) is 3.59. The van der Waals surface area contributed by atoms with Gasteiger partial charge in [-0.05, 0) is 45.7 Å². The third-order valence-electron chi connectivity index (χ3n) is 3.34. The highest BCUT2D eigenvalue weighted by Crippen LogP contribution is 2.15. The summed E-state index contributed by atoms with van der Waals surface area (Å²) < 4.78 is 5.13. The van der Waals surface area contributed by atoms with Crippen LogP contribution in [0, 0.1) is 20.8 Å². The molecule has 6 heteroatoms. The minimum Gasteiger partial charge on any atom is -0.361 e. The summed E-state index contributed by atoms with van der Waals surface area (Å²) in [5.74, 6) is 0.798. The van der Waals surface area contributed by atoms with Crippen molar-refractivity contribution in [2.75, 3.05) is 5.32 Å². The maximum atomic E-state index is 12.0. The molecule has 0 aromatic carbocycles. The van der Waals surface area contributed by atoms with Gasteiger partial charge in [-0.3, -0.25) is 4.98 Å². The van der Waals surface area contributed by atoms with E-state index in [2.05, 4.69) is 20.8 Å². The first-order chi connectivity index (χ1) is 9.97. The third-order valence-corrected chi connectivity index (χ3v) is 3.34. The molecule has 6 nitrogen and oxygen atoms in total. The number of nitrogens with one attached hydrogen (secondary N) is 2. The van der Waals surface area contributed by atoms with E-state index in [1.165, 1.54) is 0 Å². The molecule has 2 N–H and O–H groups in total. The molecular weight excluding hydrogens is 268 g/mol. The fourth-order valence-corrected chi connectivity index (χ4v) is 2.15. The van der Waals surface area contributed by atoms with Crippen LogP contribution >= 0.6 is 0 Å². The van der Waals surface area contributed by atoms with Crippen LogP contribution in [0.2, 0.25) is 0 Å². The molecule has 0 saturated carbocycles. The Morgan fingerprint density at radius 1 is 1.38 bits per heavy atom. The lowest BCUT2D eigenvalue weighted by molar-refractivity contribution is 0.249. The summed E-state index contributed by atoms with van der Waals surface area (Å²) in [4.78, 5) is 16.0. The Labute approximate surface area is 123 Å². The molecule has 112 valence electrons. The van der Waals surface area contributed by atoms with Gasteiger partial charge in [0, 0.05) is 29.7 Å². The van der Waals surface area contributed by atoms with E-state index in [0.717, 1.165) is 28.3 Å². The van der Waals surface area contributed by atoms with E-state index in [1.54, 1.807) is 18.5 Å². The van der Waals surface area contributed by atoms with Crippen LogP contribution < -0.4 is 10.6 Å². The fourth-order valence-electron chi connectivity index (χ4n) is 2.15. The van der Waals surface area contributed by atoms with Crippen molar-refractivity contribution in [3.63, 3.8) is 0 Å². The van der Waals surface area contributed by atoms with Crippen molar-refractivity contribution in [3.05, 3.63) is 41.0 Å². The van der Waals surface area contributed by atoms with Crippen LogP contribution in [-0.4, -0.2) is 22.2 Å². The first-order valence-corrected chi connectivity index (χ1v) is 6.87. The highest BCUT2D eigenvalue weighted by molar-refractivity contribution is 5.90. The van der Waals surface area contributed by atoms with Crippen LogP contribution in [0.4, 0.5) is 10.5 Å². The van der Waals surface area contributed by atoms with Gasteiger partial charge < -0.3 is 15.2 Å². The molecule has 0 spiro atoms. The number of carbonyl (C=O) groups excluding carboxylic acids is 1. The van der Waals surface area contributed by atoms with Gasteiger partial charge in [0.05, 0.1) is 5.69 Å². The Hall–Kier alpha value is -2.37. The number of anilines is 1. The zero-order valence-corrected chi connectivity index (χ0v) is 12.7. The molecule has 1 atom stereocenters. The predicted molar refractivity (Wildman–Crippen MR) is 80.3 cm³/mol. The first-order valence-electron chi connectivity index (χ1n) is 6.87. The monoisotopic (exact) mass is 288 g/mol. The van der Waals surface area contributed by atoms with Crippen molar-refractivity contribution in [1.29, 1.82) is 0 Å². The highest BCUT2D eigenvalue weighted by atomic mass is 16.5. The van der Waals surface area contributed by atoms with Crippen molar-refractivity contribution in [2.45, 2.75) is 40.2 Å². The Bertz CT molecular complexity index is 617. The van der Waals surface area contributed by atoms with Gasteiger partial charge in [0.25, 0.3) is 0 Å². The van der Waals surface area contributed by atoms with Crippen molar-refractivity contribution >= 4 is 11.7 Å². The molecular formula is C15H20N4O2. The average Bonchev–Trinajstić information content (AvgIpc) is 2.73. The zero-order valence-electron chi connectivity index (χ0n) is 12.7. The summed E-state index contributed by atoms with van der Waals surface area (Å²) >= 11 is 0. The van der Waals surface area contributed by atoms with Gasteiger partial charge >= 0.3 is 6.03 Å². The molecule has 0 aliphatic carbocycles. The molecule has 0 aliphatic heterocycles. The lowest BCUT2D eigenvalue weighted by Crippen LogP contribution is -2.37. The number of carbonyl (C=O) groups is 1. The van der Waals surface area contributed by atoms with Crippen LogP contribution in [0.15, 0.2) is 23.0 Å². The van der Waals surface area contributed by atoms with Crippen LogP contribution in [-0.2, 0) is 6.42 Å². The van der Waals surface area contributed by atoms with E-state index in [1.807, 2.05) is 27.7 Å². The van der Waals surface area contributed by atoms with Gasteiger partial charge in [0.15, 0.2) is 0 Å². The average molecular weight is 288 g/mol. The highest BCUT2D eigenvalue weighted by Gasteiger charge is 2.15. The van der Waals surface area contributed by atoms with Gasteiger partial charge in [-0.2, -0.15) is 0 Å². The topological polar surface area (TPSA) is 80.0 Å². The van der Waals surface area contributed by atoms with Crippen molar-refractivity contribution in [3.8, 4) is 0 Å². The number of hydrogen-bond donors (Lipinski definition) is 2. The number of aryl methyl sites for hydroxylation is 3. The molecule has 2 heterocycles. The Kier molecular flexibility index (Phi) is 4.57. The standard InChI is InChI=1S/C15H20N4O2/c1-9-8-16-6-5-14(9)18-15(20)17-10(2)7-13-11(3)19-21-12(13)4/h5-6,8,10H,7H2,1-4H3,(H2,16,17,18,20). The van der Waals surface area contributed by atoms with Gasteiger partial charge in [-0.1, -0.05) is 5.16 Å². The lowest BCUT2D eigenvalue weighted by atomic mass is 10.1. The molecule has 21 heavy (non-hydrogen) atoms. The van der Waals surface area contributed by atoms with E-state index in [9.17, 15) is 4.79 Å². The van der Waals surface area contributed by atoms with Gasteiger partial charge in [-0.25, -0.2) is 4.79 Å². The van der Waals surface area contributed by atoms with E-state index in [4.69, 9.17) is 4.52 Å². The maximum Gasteiger partial charge on any atom is 0.319 e. The number of nitrogens with zero attached hydrogens (tertiary/aromatic N) is 2. The predicted octanol–water partition coefficient (Wildman–Crippen LogP) is 2.75. The molecule has 1 unspecified atom stereocenters. The summed E-state index contributed by atoms with van der Waals surface area (Å²) in [5, 5.41) is 9.65. The van der Waals surface area contributed by atoms with Gasteiger partial charge in [-0.15, -0.1) is 0 Å². The quantitative estimate of drug-likeness (QED) is 0.906. The van der Waals surface area contributed by atoms with E-state index in [0.29, 0.717) is 6.42 Å². The Morgan fingerprint density at radius 2 is 2.14 bits per heavy atom. The molecule has 2 aromatic heterocycles. The summed E-state index contributed by atoms with van der Waals surface area (Å²) in [7, 11) is 0. The zero-order chi connectivity index (χ0) is 15.4. The largest absolute Gasteiger partial charge is 0.361 e. The van der Waals surface area contributed by atoms with Crippen molar-refractivity contribution < 1.29 is 9.32 Å². The number of aromatic nitrogens is 2. The van der Waals surface area contributed by atoms with E-state index >= 15 is 0 Å². The van der Waals surface area contributed by atoms with Crippen LogP contribution in [0.25, 0.3) is 0 Å². The van der Waals surface area contributed by atoms with Gasteiger partial charge in [0.2, 0.25) is 0 Å². The van der Waals surface area contributed by atoms with Crippen LogP contribution in [0.5, 0.6) is 0 Å². The number of pyridine rings is 1. The molecule has 2 amide bonds. The number of rotatable bonds is 4. The smallest absolute Gasteiger partial charge is 0.319 e. The first kappa shape index (κ1) is 15.0. The second-order valence-corrected chi connectivity index (χ2v) is 5.20. The van der Waals surface area contributed by atoms with Crippen molar-refractivity contribution in [1.82, 2.24) is 15.5 Å². The summed E-state index contributed by atoms with van der Waals surface area (Å²) in [6.07, 6.45) is 4.04. The Morgan fingerprint density at radius 3 is 2.76 bits per heavy atom. The molecule has 0 radical (unpaired) electrons. The minimum absolute atomic E-state index is 0.0241. The number of urea groups is 1. The lowest BCUT2D eigenvalue weighted by Gasteiger charge is -2.15. The normalized spacial score (nSPS) is 12.0. The van der Waals surface area contributed by atoms with Crippen LogP contribution in [0.1, 0.15) is 29.5 Å². The minimum atomic E-state index is -0.233. The summed E-state index contributed by atoms with van der Waals surface area (Å²) in [6, 6.07) is 1.51. The summed E-state index contributed by atoms with van der Waals surface area (Å²) in [6.45, 7) is 7.63. The van der Waals surface area contributed by atoms with Crippen LogP contribution in [0.3, 0.4) is 0 Å². The molecule has 0 saturated heterocycles.